The summed E-state index contributed by atoms with van der Waals surface area (Å²) in [5, 5.41) is 2.71. The topological polar surface area (TPSA) is 75.7 Å². The van der Waals surface area contributed by atoms with Gasteiger partial charge in [0.1, 0.15) is 5.41 Å². The Morgan fingerprint density at radius 2 is 1.76 bits per heavy atom. The number of amides is 2. The molecule has 0 aliphatic carbocycles. The predicted octanol–water partition coefficient (Wildman–Crippen LogP) is 2.70. The first-order chi connectivity index (χ1) is 11.8. The number of hydrogen-bond acceptors (Lipinski definition) is 4. The standard InChI is InChI=1S/C19H26N2O4/c1-13-9-11-21(12-10-13)18(24)19(2,3)17(23)20-15-8-6-5-7-14(15)16(22)25-4/h5-8,13H,9-12H2,1-4H3,(H,20,23). The van der Waals surface area contributed by atoms with E-state index in [9.17, 15) is 14.4 Å². The highest BCUT2D eigenvalue weighted by molar-refractivity contribution is 6.11. The first kappa shape index (κ1) is 19.0. The number of carbonyl (C=O) groups is 3. The van der Waals surface area contributed by atoms with Crippen LogP contribution >= 0.6 is 0 Å². The zero-order valence-corrected chi connectivity index (χ0v) is 15.3. The van der Waals surface area contributed by atoms with Crippen LogP contribution in [0.15, 0.2) is 24.3 Å². The first-order valence-corrected chi connectivity index (χ1v) is 8.55. The van der Waals surface area contributed by atoms with Crippen molar-refractivity contribution in [2.24, 2.45) is 11.3 Å². The van der Waals surface area contributed by atoms with Crippen molar-refractivity contribution in [2.75, 3.05) is 25.5 Å². The number of nitrogens with zero attached hydrogens (tertiary/aromatic N) is 1. The fraction of sp³-hybridized carbons (Fsp3) is 0.526. The third-order valence-electron chi connectivity index (χ3n) is 4.75. The summed E-state index contributed by atoms with van der Waals surface area (Å²) >= 11 is 0. The molecule has 6 nitrogen and oxygen atoms in total. The van der Waals surface area contributed by atoms with Gasteiger partial charge in [-0.25, -0.2) is 4.79 Å². The first-order valence-electron chi connectivity index (χ1n) is 8.55. The zero-order valence-electron chi connectivity index (χ0n) is 15.3. The fourth-order valence-corrected chi connectivity index (χ4v) is 2.86. The van der Waals surface area contributed by atoms with Crippen LogP contribution < -0.4 is 5.32 Å². The molecule has 0 spiro atoms. The normalized spacial score (nSPS) is 15.6. The van der Waals surface area contributed by atoms with Crippen molar-refractivity contribution in [3.63, 3.8) is 0 Å². The Morgan fingerprint density at radius 3 is 2.36 bits per heavy atom. The lowest BCUT2D eigenvalue weighted by molar-refractivity contribution is -0.147. The molecule has 1 aromatic rings. The number of ether oxygens (including phenoxy) is 1. The van der Waals surface area contributed by atoms with Crippen LogP contribution in [0, 0.1) is 11.3 Å². The van der Waals surface area contributed by atoms with Crippen molar-refractivity contribution in [1.82, 2.24) is 4.90 Å². The predicted molar refractivity (Wildman–Crippen MR) is 95.2 cm³/mol. The maximum absolute atomic E-state index is 12.8. The number of likely N-dealkylation sites (tertiary alicyclic amines) is 1. The second-order valence-corrected chi connectivity index (χ2v) is 7.09. The van der Waals surface area contributed by atoms with Gasteiger partial charge in [-0.15, -0.1) is 0 Å². The van der Waals surface area contributed by atoms with Crippen LogP contribution in [0.3, 0.4) is 0 Å². The molecule has 1 aliphatic heterocycles. The van der Waals surface area contributed by atoms with Gasteiger partial charge < -0.3 is 15.0 Å². The van der Waals surface area contributed by atoms with Crippen LogP contribution in [-0.4, -0.2) is 42.9 Å². The molecule has 1 saturated heterocycles. The molecular formula is C19H26N2O4. The Morgan fingerprint density at radius 1 is 1.16 bits per heavy atom. The molecule has 0 saturated carbocycles. The molecule has 0 bridgehead atoms. The van der Waals surface area contributed by atoms with Gasteiger partial charge >= 0.3 is 5.97 Å². The average Bonchev–Trinajstić information content (AvgIpc) is 2.61. The lowest BCUT2D eigenvalue weighted by Crippen LogP contribution is -2.49. The van der Waals surface area contributed by atoms with Crippen LogP contribution in [0.1, 0.15) is 44.0 Å². The molecule has 6 heteroatoms. The second kappa shape index (κ2) is 7.68. The van der Waals surface area contributed by atoms with E-state index >= 15 is 0 Å². The average molecular weight is 346 g/mol. The van der Waals surface area contributed by atoms with E-state index in [1.807, 2.05) is 0 Å². The van der Waals surface area contributed by atoms with E-state index in [0.717, 1.165) is 12.8 Å². The van der Waals surface area contributed by atoms with Crippen molar-refractivity contribution >= 4 is 23.5 Å². The molecule has 25 heavy (non-hydrogen) atoms. The van der Waals surface area contributed by atoms with Gasteiger partial charge in [0.05, 0.1) is 18.4 Å². The number of nitrogens with one attached hydrogen (secondary N) is 1. The molecule has 0 unspecified atom stereocenters. The van der Waals surface area contributed by atoms with Gasteiger partial charge in [-0.1, -0.05) is 19.1 Å². The van der Waals surface area contributed by atoms with Gasteiger partial charge in [0.15, 0.2) is 0 Å². The summed E-state index contributed by atoms with van der Waals surface area (Å²) in [6.07, 6.45) is 1.91. The van der Waals surface area contributed by atoms with E-state index < -0.39 is 17.3 Å². The van der Waals surface area contributed by atoms with Crippen molar-refractivity contribution in [2.45, 2.75) is 33.6 Å². The Hall–Kier alpha value is -2.37. The van der Waals surface area contributed by atoms with Crippen LogP contribution in [-0.2, 0) is 14.3 Å². The summed E-state index contributed by atoms with van der Waals surface area (Å²) in [6, 6.07) is 6.59. The van der Waals surface area contributed by atoms with E-state index in [4.69, 9.17) is 4.74 Å². The molecule has 2 amide bonds. The molecule has 1 aromatic carbocycles. The number of hydrogen-bond donors (Lipinski definition) is 1. The number of benzene rings is 1. The van der Waals surface area contributed by atoms with E-state index in [1.165, 1.54) is 7.11 Å². The highest BCUT2D eigenvalue weighted by atomic mass is 16.5. The summed E-state index contributed by atoms with van der Waals surface area (Å²) < 4.78 is 4.73. The van der Waals surface area contributed by atoms with Crippen molar-refractivity contribution in [3.05, 3.63) is 29.8 Å². The Bertz CT molecular complexity index is 661. The smallest absolute Gasteiger partial charge is 0.339 e. The number of carbonyl (C=O) groups excluding carboxylic acids is 3. The summed E-state index contributed by atoms with van der Waals surface area (Å²) in [5.41, 5.74) is -0.620. The Labute approximate surface area is 148 Å². The van der Waals surface area contributed by atoms with Crippen LogP contribution in [0.2, 0.25) is 0 Å². The molecule has 1 heterocycles. The van der Waals surface area contributed by atoms with Gasteiger partial charge in [-0.3, -0.25) is 9.59 Å². The maximum Gasteiger partial charge on any atom is 0.339 e. The Balaban J connectivity index is 2.14. The minimum Gasteiger partial charge on any atom is -0.465 e. The van der Waals surface area contributed by atoms with Crippen molar-refractivity contribution in [1.29, 1.82) is 0 Å². The molecule has 0 atom stereocenters. The SMILES string of the molecule is COC(=O)c1ccccc1NC(=O)C(C)(C)C(=O)N1CCC(C)CC1. The van der Waals surface area contributed by atoms with Crippen LogP contribution in [0.4, 0.5) is 5.69 Å². The number of rotatable bonds is 4. The third-order valence-corrected chi connectivity index (χ3v) is 4.75. The molecule has 0 aromatic heterocycles. The minimum atomic E-state index is -1.22. The van der Waals surface area contributed by atoms with E-state index in [1.54, 1.807) is 43.0 Å². The summed E-state index contributed by atoms with van der Waals surface area (Å²) in [5.74, 6) is -0.558. The summed E-state index contributed by atoms with van der Waals surface area (Å²) in [4.78, 5) is 39.1. The van der Waals surface area contributed by atoms with E-state index in [2.05, 4.69) is 12.2 Å². The highest BCUT2D eigenvalue weighted by Crippen LogP contribution is 2.26. The molecule has 1 aliphatic rings. The number of esters is 1. The third kappa shape index (κ3) is 4.18. The van der Waals surface area contributed by atoms with Crippen LogP contribution in [0.25, 0.3) is 0 Å². The fourth-order valence-electron chi connectivity index (χ4n) is 2.86. The molecular weight excluding hydrogens is 320 g/mol. The van der Waals surface area contributed by atoms with Gasteiger partial charge in [0.2, 0.25) is 11.8 Å². The molecule has 136 valence electrons. The lowest BCUT2D eigenvalue weighted by Gasteiger charge is -2.35. The Kier molecular flexibility index (Phi) is 5.82. The maximum atomic E-state index is 12.8. The van der Waals surface area contributed by atoms with E-state index in [-0.39, 0.29) is 11.5 Å². The highest BCUT2D eigenvalue weighted by Gasteiger charge is 2.40. The van der Waals surface area contributed by atoms with Gasteiger partial charge in [0, 0.05) is 13.1 Å². The van der Waals surface area contributed by atoms with Crippen molar-refractivity contribution < 1.29 is 19.1 Å². The number of methoxy groups -OCH3 is 1. The van der Waals surface area contributed by atoms with Crippen LogP contribution in [0.5, 0.6) is 0 Å². The molecule has 0 radical (unpaired) electrons. The lowest BCUT2D eigenvalue weighted by atomic mass is 9.88. The molecule has 1 N–H and O–H groups in total. The van der Waals surface area contributed by atoms with Gasteiger partial charge in [0.25, 0.3) is 0 Å². The summed E-state index contributed by atoms with van der Waals surface area (Å²) in [6.45, 7) is 6.75. The van der Waals surface area contributed by atoms with Crippen molar-refractivity contribution in [3.8, 4) is 0 Å². The monoisotopic (exact) mass is 346 g/mol. The zero-order chi connectivity index (χ0) is 18.6. The van der Waals surface area contributed by atoms with Gasteiger partial charge in [-0.2, -0.15) is 0 Å². The summed E-state index contributed by atoms with van der Waals surface area (Å²) in [7, 11) is 1.28. The number of anilines is 1. The quantitative estimate of drug-likeness (QED) is 0.672. The molecule has 2 rings (SSSR count). The largest absolute Gasteiger partial charge is 0.465 e. The number of piperidine rings is 1. The van der Waals surface area contributed by atoms with Gasteiger partial charge in [-0.05, 0) is 44.7 Å². The van der Waals surface area contributed by atoms with E-state index in [0.29, 0.717) is 24.7 Å². The number of para-hydroxylation sites is 1. The second-order valence-electron chi connectivity index (χ2n) is 7.09. The minimum absolute atomic E-state index is 0.188. The molecule has 1 fully saturated rings.